The van der Waals surface area contributed by atoms with Gasteiger partial charge in [-0.15, -0.1) is 13.2 Å². The van der Waals surface area contributed by atoms with Crippen molar-refractivity contribution in [1.29, 1.82) is 0 Å². The molecule has 0 fully saturated rings. The molecule has 0 aliphatic heterocycles. The number of hydrogen-bond donors (Lipinski definition) is 0. The number of alkyl halides is 5. The fourth-order valence-electron chi connectivity index (χ4n) is 0.793. The summed E-state index contributed by atoms with van der Waals surface area (Å²) in [5.41, 5.74) is 0. The number of benzene rings is 1. The third-order valence-corrected chi connectivity index (χ3v) is 1.19. The van der Waals surface area contributed by atoms with E-state index >= 15 is 0 Å². The predicted molar refractivity (Wildman–Crippen MR) is 38.6 cm³/mol. The van der Waals surface area contributed by atoms with Crippen molar-refractivity contribution in [2.75, 3.05) is 0 Å². The molecule has 2 nitrogen and oxygen atoms in total. The molecule has 0 aliphatic carbocycles. The Morgan fingerprint density at radius 2 is 1.73 bits per heavy atom. The highest BCUT2D eigenvalue weighted by molar-refractivity contribution is 5.32. The molecular weight excluding hydrogens is 223 g/mol. The van der Waals surface area contributed by atoms with E-state index in [1.807, 2.05) is 0 Å². The van der Waals surface area contributed by atoms with Gasteiger partial charge in [-0.1, -0.05) is 0 Å². The average molecular weight is 227 g/mol. The van der Waals surface area contributed by atoms with Gasteiger partial charge < -0.3 is 9.47 Å². The first-order chi connectivity index (χ1) is 6.87. The summed E-state index contributed by atoms with van der Waals surface area (Å²) in [6, 6.07) is 4.69. The van der Waals surface area contributed by atoms with Crippen LogP contribution in [-0.4, -0.2) is 13.0 Å². The van der Waals surface area contributed by atoms with E-state index in [2.05, 4.69) is 15.5 Å². The Morgan fingerprint density at radius 1 is 1.13 bits per heavy atom. The largest absolute Gasteiger partial charge is 0.573 e. The topological polar surface area (TPSA) is 18.5 Å². The molecule has 0 aromatic heterocycles. The van der Waals surface area contributed by atoms with E-state index in [-0.39, 0.29) is 0 Å². The van der Waals surface area contributed by atoms with Crippen LogP contribution in [0, 0.1) is 6.07 Å². The fraction of sp³-hybridized carbons (Fsp3) is 0.250. The number of rotatable bonds is 3. The normalized spacial score (nSPS) is 11.6. The molecule has 1 aromatic carbocycles. The number of hydrogen-bond acceptors (Lipinski definition) is 2. The molecule has 0 bridgehead atoms. The van der Waals surface area contributed by atoms with Crippen LogP contribution in [0.5, 0.6) is 11.5 Å². The van der Waals surface area contributed by atoms with Gasteiger partial charge in [-0.05, 0) is 18.2 Å². The van der Waals surface area contributed by atoms with E-state index < -0.39 is 24.5 Å². The molecular formula is C8H4F5O2. The molecule has 0 N–H and O–H groups in total. The third-order valence-electron chi connectivity index (χ3n) is 1.19. The maximum Gasteiger partial charge on any atom is 0.573 e. The summed E-state index contributed by atoms with van der Waals surface area (Å²) >= 11 is 0. The number of halogens is 5. The van der Waals surface area contributed by atoms with Gasteiger partial charge in [0.25, 0.3) is 0 Å². The predicted octanol–water partition coefficient (Wildman–Crippen LogP) is 2.99. The lowest BCUT2D eigenvalue weighted by Crippen LogP contribution is -2.17. The van der Waals surface area contributed by atoms with Crippen LogP contribution in [0.3, 0.4) is 0 Å². The molecule has 0 aliphatic rings. The highest BCUT2D eigenvalue weighted by atomic mass is 19.4. The van der Waals surface area contributed by atoms with Crippen molar-refractivity contribution in [3.8, 4) is 11.5 Å². The van der Waals surface area contributed by atoms with E-state index in [0.717, 1.165) is 12.1 Å². The molecule has 0 amide bonds. The van der Waals surface area contributed by atoms with Gasteiger partial charge in [0, 0.05) is 6.07 Å². The second kappa shape index (κ2) is 4.33. The maximum atomic E-state index is 11.7. The summed E-state index contributed by atoms with van der Waals surface area (Å²) in [6.07, 6.45) is -4.88. The van der Waals surface area contributed by atoms with Crippen LogP contribution in [0.15, 0.2) is 18.2 Å². The van der Waals surface area contributed by atoms with Gasteiger partial charge in [0.2, 0.25) is 0 Å². The molecule has 7 heteroatoms. The van der Waals surface area contributed by atoms with Crippen LogP contribution in [0.4, 0.5) is 22.0 Å². The minimum atomic E-state index is -4.88. The van der Waals surface area contributed by atoms with E-state index in [0.29, 0.717) is 6.07 Å². The van der Waals surface area contributed by atoms with Crippen molar-refractivity contribution in [2.45, 2.75) is 13.0 Å². The molecule has 15 heavy (non-hydrogen) atoms. The third kappa shape index (κ3) is 4.48. The van der Waals surface area contributed by atoms with Crippen LogP contribution < -0.4 is 9.47 Å². The lowest BCUT2D eigenvalue weighted by Gasteiger charge is -2.10. The molecule has 0 spiro atoms. The Labute approximate surface area is 81.2 Å². The summed E-state index contributed by atoms with van der Waals surface area (Å²) in [4.78, 5) is 0. The quantitative estimate of drug-likeness (QED) is 0.739. The summed E-state index contributed by atoms with van der Waals surface area (Å²) in [5, 5.41) is 0. The molecule has 1 rings (SSSR count). The molecule has 0 unspecified atom stereocenters. The Hall–Kier alpha value is -1.53. The molecule has 1 radical (unpaired) electrons. The number of ether oxygens (including phenoxy) is 2. The first-order valence-electron chi connectivity index (χ1n) is 3.58. The smallest absolute Gasteiger partial charge is 0.435 e. The van der Waals surface area contributed by atoms with Gasteiger partial charge in [-0.3, -0.25) is 0 Å². The van der Waals surface area contributed by atoms with Crippen molar-refractivity contribution in [2.24, 2.45) is 0 Å². The van der Waals surface area contributed by atoms with Gasteiger partial charge >= 0.3 is 13.0 Å². The highest BCUT2D eigenvalue weighted by Crippen LogP contribution is 2.26. The first-order valence-corrected chi connectivity index (χ1v) is 3.58. The second-order valence-electron chi connectivity index (χ2n) is 2.33. The average Bonchev–Trinajstić information content (AvgIpc) is 1.99. The molecule has 0 heterocycles. The van der Waals surface area contributed by atoms with Crippen LogP contribution in [0.25, 0.3) is 0 Å². The van der Waals surface area contributed by atoms with Gasteiger partial charge in [0.15, 0.2) is 0 Å². The minimum absolute atomic E-state index is 0.452. The Balaban J connectivity index is 2.74. The Morgan fingerprint density at radius 3 is 2.27 bits per heavy atom. The summed E-state index contributed by atoms with van der Waals surface area (Å²) in [5.74, 6) is -1.12. The monoisotopic (exact) mass is 227 g/mol. The van der Waals surface area contributed by atoms with Crippen molar-refractivity contribution in [3.05, 3.63) is 24.3 Å². The summed E-state index contributed by atoms with van der Waals surface area (Å²) in [6.45, 7) is -3.11. The van der Waals surface area contributed by atoms with Crippen molar-refractivity contribution in [1.82, 2.24) is 0 Å². The van der Waals surface area contributed by atoms with E-state index in [1.54, 1.807) is 0 Å². The lowest BCUT2D eigenvalue weighted by molar-refractivity contribution is -0.274. The molecule has 0 saturated carbocycles. The van der Waals surface area contributed by atoms with Crippen molar-refractivity contribution < 1.29 is 31.4 Å². The maximum absolute atomic E-state index is 11.7. The minimum Gasteiger partial charge on any atom is -0.435 e. The molecule has 0 atom stereocenters. The zero-order valence-electron chi connectivity index (χ0n) is 7.02. The van der Waals surface area contributed by atoms with Crippen LogP contribution >= 0.6 is 0 Å². The van der Waals surface area contributed by atoms with Gasteiger partial charge in [0.1, 0.15) is 11.5 Å². The fourth-order valence-corrected chi connectivity index (χ4v) is 0.793. The van der Waals surface area contributed by atoms with Gasteiger partial charge in [-0.2, -0.15) is 8.78 Å². The lowest BCUT2D eigenvalue weighted by atomic mass is 10.3. The van der Waals surface area contributed by atoms with Crippen molar-refractivity contribution in [3.63, 3.8) is 0 Å². The highest BCUT2D eigenvalue weighted by Gasteiger charge is 2.31. The summed E-state index contributed by atoms with van der Waals surface area (Å²) in [7, 11) is 0. The van der Waals surface area contributed by atoms with Crippen LogP contribution in [0.2, 0.25) is 0 Å². The van der Waals surface area contributed by atoms with Crippen LogP contribution in [0.1, 0.15) is 0 Å². The molecule has 1 aromatic rings. The zero-order valence-corrected chi connectivity index (χ0v) is 7.02. The van der Waals surface area contributed by atoms with Gasteiger partial charge in [-0.25, -0.2) is 0 Å². The van der Waals surface area contributed by atoms with Crippen molar-refractivity contribution >= 4 is 0 Å². The molecule has 0 saturated heterocycles. The molecule has 83 valence electrons. The summed E-state index contributed by atoms with van der Waals surface area (Å²) < 4.78 is 65.8. The Kier molecular flexibility index (Phi) is 3.33. The SMILES string of the molecule is FC(F)Oc1c[c]cc(OC(F)(F)F)c1. The standard InChI is InChI=1S/C8H4F5O2/c9-7(10)14-5-2-1-3-6(4-5)15-8(11,12)13/h2-4,7H. The van der Waals surface area contributed by atoms with E-state index in [1.165, 1.54) is 0 Å². The van der Waals surface area contributed by atoms with E-state index in [4.69, 9.17) is 0 Å². The van der Waals surface area contributed by atoms with Crippen LogP contribution in [-0.2, 0) is 0 Å². The van der Waals surface area contributed by atoms with Gasteiger partial charge in [0.05, 0.1) is 0 Å². The Bertz CT molecular complexity index is 323. The zero-order chi connectivity index (χ0) is 11.5. The van der Waals surface area contributed by atoms with E-state index in [9.17, 15) is 22.0 Å². The second-order valence-corrected chi connectivity index (χ2v) is 2.33. The first kappa shape index (κ1) is 11.5.